The highest BCUT2D eigenvalue weighted by Gasteiger charge is 2.51. The fourth-order valence-corrected chi connectivity index (χ4v) is 7.43. The molecule has 5 aliphatic rings. The van der Waals surface area contributed by atoms with E-state index in [4.69, 9.17) is 4.42 Å². The Hall–Kier alpha value is -1.57. The van der Waals surface area contributed by atoms with Crippen molar-refractivity contribution in [1.29, 1.82) is 0 Å². The minimum absolute atomic E-state index is 0.100. The molecule has 8 heteroatoms. The van der Waals surface area contributed by atoms with Gasteiger partial charge in [0.1, 0.15) is 0 Å². The van der Waals surface area contributed by atoms with Crippen LogP contribution in [0.3, 0.4) is 0 Å². The van der Waals surface area contributed by atoms with Crippen molar-refractivity contribution in [2.75, 3.05) is 0 Å². The second-order valence-corrected chi connectivity index (χ2v) is 11.4. The van der Waals surface area contributed by atoms with Gasteiger partial charge in [0, 0.05) is 11.5 Å². The summed E-state index contributed by atoms with van der Waals surface area (Å²) in [5.74, 6) is 2.95. The third-order valence-electron chi connectivity index (χ3n) is 7.68. The van der Waals surface area contributed by atoms with Gasteiger partial charge in [0.2, 0.25) is 11.8 Å². The van der Waals surface area contributed by atoms with Crippen molar-refractivity contribution < 1.29 is 14.0 Å². The second-order valence-electron chi connectivity index (χ2n) is 10.1. The van der Waals surface area contributed by atoms with Gasteiger partial charge in [-0.05, 0) is 76.0 Å². The third-order valence-corrected chi connectivity index (χ3v) is 8.61. The smallest absolute Gasteiger partial charge is 0.321 e. The topological polar surface area (TPSA) is 97.1 Å². The predicted octanol–water partition coefficient (Wildman–Crippen LogP) is 4.39. The molecule has 2 N–H and O–H groups in total. The molecule has 6 rings (SSSR count). The normalized spacial score (nSPS) is 34.0. The molecule has 0 radical (unpaired) electrons. The minimum Gasteiger partial charge on any atom is -0.416 e. The van der Waals surface area contributed by atoms with Crippen molar-refractivity contribution in [3.05, 3.63) is 5.89 Å². The van der Waals surface area contributed by atoms with Crippen LogP contribution in [0.5, 0.6) is 0 Å². The van der Waals surface area contributed by atoms with Crippen LogP contribution in [0.25, 0.3) is 0 Å². The lowest BCUT2D eigenvalue weighted by Gasteiger charge is -2.56. The summed E-state index contributed by atoms with van der Waals surface area (Å²) < 4.78 is 5.80. The standard InChI is InChI=1S/C22H32N4O3S/c1-13(30-21-26-25-19(29-21)17-5-3-2-4-6-17)18(27)23-20(28)24-22-10-14-7-15(11-22)9-16(8-14)12-22/h13-17H,2-12H2,1H3,(H2,23,24,27,28). The lowest BCUT2D eigenvalue weighted by Crippen LogP contribution is -2.62. The van der Waals surface area contributed by atoms with Crippen LogP contribution in [-0.2, 0) is 4.79 Å². The molecule has 1 aromatic rings. The molecule has 1 unspecified atom stereocenters. The van der Waals surface area contributed by atoms with Crippen LogP contribution in [0.15, 0.2) is 9.64 Å². The Labute approximate surface area is 181 Å². The number of nitrogens with zero attached hydrogens (tertiary/aromatic N) is 2. The van der Waals surface area contributed by atoms with Gasteiger partial charge in [-0.1, -0.05) is 31.0 Å². The van der Waals surface area contributed by atoms with Crippen LogP contribution < -0.4 is 10.6 Å². The molecule has 0 saturated heterocycles. The van der Waals surface area contributed by atoms with E-state index in [1.54, 1.807) is 6.92 Å². The number of carbonyl (C=O) groups is 2. The number of hydrogen-bond donors (Lipinski definition) is 2. The SMILES string of the molecule is CC(Sc1nnc(C2CCCCC2)o1)C(=O)NC(=O)NC12CC3CC(CC(C3)C1)C2. The van der Waals surface area contributed by atoms with E-state index in [1.165, 1.54) is 50.3 Å². The molecule has 1 atom stereocenters. The summed E-state index contributed by atoms with van der Waals surface area (Å²) in [5.41, 5.74) is -0.100. The average molecular weight is 433 g/mol. The van der Waals surface area contributed by atoms with E-state index in [2.05, 4.69) is 20.8 Å². The van der Waals surface area contributed by atoms with Gasteiger partial charge in [-0.15, -0.1) is 10.2 Å². The van der Waals surface area contributed by atoms with E-state index in [0.29, 0.717) is 17.0 Å². The molecule has 164 valence electrons. The highest BCUT2D eigenvalue weighted by atomic mass is 32.2. The molecular formula is C22H32N4O3S. The average Bonchev–Trinajstić information content (AvgIpc) is 3.15. The molecule has 3 amide bonds. The summed E-state index contributed by atoms with van der Waals surface area (Å²) in [6.45, 7) is 1.77. The van der Waals surface area contributed by atoms with Gasteiger partial charge in [0.05, 0.1) is 5.25 Å². The second kappa shape index (κ2) is 8.17. The van der Waals surface area contributed by atoms with Crippen molar-refractivity contribution in [3.8, 4) is 0 Å². The zero-order valence-electron chi connectivity index (χ0n) is 17.7. The zero-order valence-corrected chi connectivity index (χ0v) is 18.5. The molecular weight excluding hydrogens is 400 g/mol. The highest BCUT2D eigenvalue weighted by Crippen LogP contribution is 2.55. The number of aromatic nitrogens is 2. The minimum atomic E-state index is -0.480. The van der Waals surface area contributed by atoms with Gasteiger partial charge in [-0.25, -0.2) is 4.79 Å². The van der Waals surface area contributed by atoms with E-state index in [1.807, 2.05) is 0 Å². The maximum atomic E-state index is 12.6. The van der Waals surface area contributed by atoms with Crippen molar-refractivity contribution in [3.63, 3.8) is 0 Å². The van der Waals surface area contributed by atoms with Gasteiger partial charge in [-0.2, -0.15) is 0 Å². The maximum Gasteiger partial charge on any atom is 0.321 e. The Morgan fingerprint density at radius 2 is 1.67 bits per heavy atom. The molecule has 5 saturated carbocycles. The van der Waals surface area contributed by atoms with Gasteiger partial charge in [0.15, 0.2) is 0 Å². The fourth-order valence-electron chi connectivity index (χ4n) is 6.74. The van der Waals surface area contributed by atoms with Gasteiger partial charge >= 0.3 is 6.03 Å². The van der Waals surface area contributed by atoms with E-state index in [0.717, 1.165) is 49.9 Å². The molecule has 0 aliphatic heterocycles. The number of imide groups is 1. The lowest BCUT2D eigenvalue weighted by molar-refractivity contribution is -0.119. The van der Waals surface area contributed by atoms with Crippen molar-refractivity contribution in [2.45, 2.75) is 99.5 Å². The van der Waals surface area contributed by atoms with Crippen molar-refractivity contribution in [1.82, 2.24) is 20.8 Å². The van der Waals surface area contributed by atoms with E-state index in [-0.39, 0.29) is 17.5 Å². The first-order chi connectivity index (χ1) is 14.5. The van der Waals surface area contributed by atoms with Gasteiger partial charge in [-0.3, -0.25) is 10.1 Å². The summed E-state index contributed by atoms with van der Waals surface area (Å²) in [4.78, 5) is 25.2. The summed E-state index contributed by atoms with van der Waals surface area (Å²) in [5, 5.41) is 14.0. The Bertz CT molecular complexity index is 769. The maximum absolute atomic E-state index is 12.6. The molecule has 5 fully saturated rings. The molecule has 7 nitrogen and oxygen atoms in total. The Morgan fingerprint density at radius 1 is 1.03 bits per heavy atom. The van der Waals surface area contributed by atoms with Crippen LogP contribution in [-0.4, -0.2) is 32.9 Å². The number of carbonyl (C=O) groups excluding carboxylic acids is 2. The molecule has 0 spiro atoms. The molecule has 4 bridgehead atoms. The highest BCUT2D eigenvalue weighted by molar-refractivity contribution is 8.00. The van der Waals surface area contributed by atoms with Crippen LogP contribution in [0, 0.1) is 17.8 Å². The molecule has 30 heavy (non-hydrogen) atoms. The zero-order chi connectivity index (χ0) is 20.7. The lowest BCUT2D eigenvalue weighted by atomic mass is 9.53. The number of hydrogen-bond acceptors (Lipinski definition) is 6. The number of amides is 3. The molecule has 1 aromatic heterocycles. The van der Waals surface area contributed by atoms with Gasteiger partial charge < -0.3 is 9.73 Å². The summed E-state index contributed by atoms with van der Waals surface area (Å²) in [6, 6.07) is -0.358. The number of nitrogens with one attached hydrogen (secondary N) is 2. The predicted molar refractivity (Wildman–Crippen MR) is 113 cm³/mol. The number of thioether (sulfide) groups is 1. The number of urea groups is 1. The van der Waals surface area contributed by atoms with E-state index in [9.17, 15) is 9.59 Å². The van der Waals surface area contributed by atoms with E-state index < -0.39 is 5.25 Å². The summed E-state index contributed by atoms with van der Waals surface area (Å²) in [6.07, 6.45) is 13.0. The first-order valence-corrected chi connectivity index (χ1v) is 12.5. The van der Waals surface area contributed by atoms with Crippen molar-refractivity contribution in [2.24, 2.45) is 17.8 Å². The first kappa shape index (κ1) is 20.3. The first-order valence-electron chi connectivity index (χ1n) is 11.6. The van der Waals surface area contributed by atoms with Crippen LogP contribution in [0.1, 0.15) is 89.4 Å². The monoisotopic (exact) mass is 432 g/mol. The summed E-state index contributed by atoms with van der Waals surface area (Å²) in [7, 11) is 0. The van der Waals surface area contributed by atoms with Crippen LogP contribution in [0.4, 0.5) is 4.79 Å². The molecule has 1 heterocycles. The third kappa shape index (κ3) is 4.25. The van der Waals surface area contributed by atoms with Gasteiger partial charge in [0.25, 0.3) is 5.22 Å². The largest absolute Gasteiger partial charge is 0.416 e. The Kier molecular flexibility index (Phi) is 5.54. The quantitative estimate of drug-likeness (QED) is 0.670. The Balaban J connectivity index is 1.13. The molecule has 5 aliphatic carbocycles. The molecule has 0 aromatic carbocycles. The Morgan fingerprint density at radius 3 is 2.30 bits per heavy atom. The summed E-state index contributed by atoms with van der Waals surface area (Å²) >= 11 is 1.22. The van der Waals surface area contributed by atoms with Crippen molar-refractivity contribution >= 4 is 23.7 Å². The fraction of sp³-hybridized carbons (Fsp3) is 0.818. The van der Waals surface area contributed by atoms with Crippen LogP contribution >= 0.6 is 11.8 Å². The number of rotatable bonds is 5. The van der Waals surface area contributed by atoms with Crippen LogP contribution in [0.2, 0.25) is 0 Å². The van der Waals surface area contributed by atoms with E-state index >= 15 is 0 Å².